The summed E-state index contributed by atoms with van der Waals surface area (Å²) in [6, 6.07) is 5.38. The van der Waals surface area contributed by atoms with Crippen molar-refractivity contribution in [3.05, 3.63) is 30.1 Å². The van der Waals surface area contributed by atoms with Crippen LogP contribution in [0.1, 0.15) is 10.5 Å². The molecule has 0 N–H and O–H groups in total. The molecule has 78 valence electrons. The highest BCUT2D eigenvalue weighted by molar-refractivity contribution is 9.09. The normalized spacial score (nSPS) is 10.5. The summed E-state index contributed by atoms with van der Waals surface area (Å²) in [7, 11) is 1.59. The molecule has 0 amide bonds. The number of aromatic nitrogens is 2. The van der Waals surface area contributed by atoms with Crippen molar-refractivity contribution in [2.45, 2.75) is 0 Å². The van der Waals surface area contributed by atoms with Crippen LogP contribution in [0.2, 0.25) is 0 Å². The van der Waals surface area contributed by atoms with E-state index < -0.39 is 0 Å². The Morgan fingerprint density at radius 3 is 3.13 bits per heavy atom. The molecule has 0 unspecified atom stereocenters. The summed E-state index contributed by atoms with van der Waals surface area (Å²) < 4.78 is 6.80. The molecule has 15 heavy (non-hydrogen) atoms. The lowest BCUT2D eigenvalue weighted by atomic mass is 10.3. The summed E-state index contributed by atoms with van der Waals surface area (Å²) in [4.78, 5) is 11.4. The highest BCUT2D eigenvalue weighted by atomic mass is 79.9. The van der Waals surface area contributed by atoms with Crippen molar-refractivity contribution in [2.75, 3.05) is 12.4 Å². The number of ether oxygens (including phenoxy) is 1. The first-order chi connectivity index (χ1) is 7.26. The monoisotopic (exact) mass is 268 g/mol. The van der Waals surface area contributed by atoms with Crippen molar-refractivity contribution in [1.29, 1.82) is 0 Å². The Morgan fingerprint density at radius 2 is 2.47 bits per heavy atom. The molecule has 0 spiro atoms. The van der Waals surface area contributed by atoms with Gasteiger partial charge in [0.05, 0.1) is 12.4 Å². The number of alkyl halides is 1. The van der Waals surface area contributed by atoms with Gasteiger partial charge in [0.1, 0.15) is 17.0 Å². The van der Waals surface area contributed by atoms with Gasteiger partial charge in [0.25, 0.3) is 0 Å². The Hall–Kier alpha value is -1.36. The Labute approximate surface area is 95.0 Å². The lowest BCUT2D eigenvalue weighted by Crippen LogP contribution is -2.00. The zero-order valence-electron chi connectivity index (χ0n) is 8.11. The topological polar surface area (TPSA) is 43.6 Å². The molecular formula is C10H9BrN2O2. The van der Waals surface area contributed by atoms with Gasteiger partial charge >= 0.3 is 0 Å². The van der Waals surface area contributed by atoms with Crippen molar-refractivity contribution < 1.29 is 9.53 Å². The highest BCUT2D eigenvalue weighted by Gasteiger charge is 2.11. The number of methoxy groups -OCH3 is 1. The fourth-order valence-electron chi connectivity index (χ4n) is 1.37. The third-order valence-electron chi connectivity index (χ3n) is 2.09. The van der Waals surface area contributed by atoms with Gasteiger partial charge in [-0.3, -0.25) is 4.79 Å². The number of Topliss-reactive ketones (excluding diaryl/α,β-unsaturated/α-hetero) is 1. The quantitative estimate of drug-likeness (QED) is 0.631. The zero-order chi connectivity index (χ0) is 10.8. The van der Waals surface area contributed by atoms with Crippen LogP contribution in [0, 0.1) is 0 Å². The number of nitrogens with zero attached hydrogens (tertiary/aromatic N) is 2. The molecule has 0 aliphatic carbocycles. The molecule has 2 heterocycles. The van der Waals surface area contributed by atoms with Gasteiger partial charge in [-0.15, -0.1) is 0 Å². The van der Waals surface area contributed by atoms with Crippen molar-refractivity contribution >= 4 is 27.2 Å². The van der Waals surface area contributed by atoms with Gasteiger partial charge in [0.15, 0.2) is 5.78 Å². The molecule has 2 aromatic heterocycles. The van der Waals surface area contributed by atoms with E-state index in [1.54, 1.807) is 23.9 Å². The number of pyridine rings is 1. The first kappa shape index (κ1) is 10.2. The fraction of sp³-hybridized carbons (Fsp3) is 0.200. The smallest absolute Gasteiger partial charge is 0.193 e. The van der Waals surface area contributed by atoms with E-state index >= 15 is 0 Å². The molecule has 0 aromatic carbocycles. The van der Waals surface area contributed by atoms with E-state index in [4.69, 9.17) is 4.74 Å². The van der Waals surface area contributed by atoms with E-state index in [1.807, 2.05) is 12.1 Å². The molecule has 0 saturated heterocycles. The van der Waals surface area contributed by atoms with Crippen LogP contribution in [-0.2, 0) is 0 Å². The molecular weight excluding hydrogens is 260 g/mol. The largest absolute Gasteiger partial charge is 0.494 e. The average Bonchev–Trinajstić information content (AvgIpc) is 2.71. The lowest BCUT2D eigenvalue weighted by molar-refractivity contribution is 0.101. The van der Waals surface area contributed by atoms with Gasteiger partial charge in [-0.25, -0.2) is 4.52 Å². The predicted octanol–water partition coefficient (Wildman–Crippen LogP) is 1.92. The number of halogens is 1. The molecule has 4 nitrogen and oxygen atoms in total. The number of ketones is 1. The molecule has 0 fully saturated rings. The van der Waals surface area contributed by atoms with Crippen LogP contribution < -0.4 is 4.74 Å². The fourth-order valence-corrected chi connectivity index (χ4v) is 1.65. The Kier molecular flexibility index (Phi) is 2.73. The van der Waals surface area contributed by atoms with Gasteiger partial charge in [-0.1, -0.05) is 15.9 Å². The molecule has 0 aliphatic heterocycles. The van der Waals surface area contributed by atoms with Crippen molar-refractivity contribution in [1.82, 2.24) is 9.61 Å². The summed E-state index contributed by atoms with van der Waals surface area (Å²) in [5, 5.41) is 4.43. The zero-order valence-corrected chi connectivity index (χ0v) is 9.69. The van der Waals surface area contributed by atoms with Crippen molar-refractivity contribution in [3.8, 4) is 5.75 Å². The molecule has 0 atom stereocenters. The number of rotatable bonds is 3. The van der Waals surface area contributed by atoms with Crippen LogP contribution in [0.5, 0.6) is 5.75 Å². The number of hydrogen-bond acceptors (Lipinski definition) is 3. The lowest BCUT2D eigenvalue weighted by Gasteiger charge is -1.99. The van der Waals surface area contributed by atoms with Crippen LogP contribution in [0.3, 0.4) is 0 Å². The third kappa shape index (κ3) is 1.74. The molecule has 0 saturated carbocycles. The van der Waals surface area contributed by atoms with Crippen LogP contribution in [0.4, 0.5) is 0 Å². The van der Waals surface area contributed by atoms with Crippen molar-refractivity contribution in [3.63, 3.8) is 0 Å². The maximum Gasteiger partial charge on any atom is 0.193 e. The van der Waals surface area contributed by atoms with Gasteiger partial charge in [0.2, 0.25) is 0 Å². The highest BCUT2D eigenvalue weighted by Crippen LogP contribution is 2.19. The first-order valence-corrected chi connectivity index (χ1v) is 5.50. The molecule has 5 heteroatoms. The van der Waals surface area contributed by atoms with Gasteiger partial charge in [-0.2, -0.15) is 5.10 Å². The number of hydrogen-bond donors (Lipinski definition) is 0. The Bertz CT molecular complexity index is 507. The van der Waals surface area contributed by atoms with Crippen LogP contribution in [-0.4, -0.2) is 27.8 Å². The second-order valence-corrected chi connectivity index (χ2v) is 3.55. The maximum atomic E-state index is 11.4. The van der Waals surface area contributed by atoms with E-state index in [1.165, 1.54) is 0 Å². The van der Waals surface area contributed by atoms with Gasteiger partial charge in [0, 0.05) is 6.20 Å². The van der Waals surface area contributed by atoms with E-state index in [0.29, 0.717) is 11.4 Å². The Morgan fingerprint density at radius 1 is 1.67 bits per heavy atom. The van der Waals surface area contributed by atoms with E-state index in [-0.39, 0.29) is 11.1 Å². The Balaban J connectivity index is 2.60. The minimum atomic E-state index is -0.0410. The number of carbonyl (C=O) groups excluding carboxylic acids is 1. The molecule has 0 bridgehead atoms. The summed E-state index contributed by atoms with van der Waals surface area (Å²) in [5.74, 6) is 0.666. The van der Waals surface area contributed by atoms with Gasteiger partial charge in [-0.05, 0) is 18.2 Å². The first-order valence-electron chi connectivity index (χ1n) is 4.38. The van der Waals surface area contributed by atoms with Gasteiger partial charge < -0.3 is 4.74 Å². The summed E-state index contributed by atoms with van der Waals surface area (Å²) >= 11 is 3.11. The molecule has 2 aromatic rings. The maximum absolute atomic E-state index is 11.4. The summed E-state index contributed by atoms with van der Waals surface area (Å²) in [6.45, 7) is 0. The SMILES string of the molecule is COc1cccn2nc(C(=O)CBr)cc12. The summed E-state index contributed by atoms with van der Waals surface area (Å²) in [5.41, 5.74) is 1.24. The van der Waals surface area contributed by atoms with Crippen molar-refractivity contribution in [2.24, 2.45) is 0 Å². The van der Waals surface area contributed by atoms with E-state index in [9.17, 15) is 4.79 Å². The van der Waals surface area contributed by atoms with E-state index in [0.717, 1.165) is 5.52 Å². The number of carbonyl (C=O) groups is 1. The summed E-state index contributed by atoms with van der Waals surface area (Å²) in [6.07, 6.45) is 1.78. The predicted molar refractivity (Wildman–Crippen MR) is 59.9 cm³/mol. The average molecular weight is 269 g/mol. The third-order valence-corrected chi connectivity index (χ3v) is 2.60. The second kappa shape index (κ2) is 4.02. The standard InChI is InChI=1S/C10H9BrN2O2/c1-15-10-3-2-4-13-8(10)5-7(12-13)9(14)6-11/h2-5H,6H2,1H3. The van der Waals surface area contributed by atoms with E-state index in [2.05, 4.69) is 21.0 Å². The van der Waals surface area contributed by atoms with Crippen LogP contribution in [0.15, 0.2) is 24.4 Å². The second-order valence-electron chi connectivity index (χ2n) is 2.99. The molecule has 0 radical (unpaired) electrons. The molecule has 0 aliphatic rings. The number of fused-ring (bicyclic) bond motifs is 1. The minimum Gasteiger partial charge on any atom is -0.494 e. The van der Waals surface area contributed by atoms with Crippen LogP contribution in [0.25, 0.3) is 5.52 Å². The molecule has 2 rings (SSSR count). The minimum absolute atomic E-state index is 0.0410. The van der Waals surface area contributed by atoms with Crippen LogP contribution >= 0.6 is 15.9 Å².